The average molecular weight is 311 g/mol. The lowest BCUT2D eigenvalue weighted by Gasteiger charge is -2.06. The van der Waals surface area contributed by atoms with Gasteiger partial charge in [-0.15, -0.1) is 0 Å². The molecule has 5 heteroatoms. The minimum Gasteiger partial charge on any atom is -0.461 e. The van der Waals surface area contributed by atoms with Crippen molar-refractivity contribution in [3.8, 4) is 5.75 Å². The van der Waals surface area contributed by atoms with E-state index >= 15 is 0 Å². The lowest BCUT2D eigenvalue weighted by molar-refractivity contribution is -0.145. The zero-order valence-electron chi connectivity index (χ0n) is 12.2. The summed E-state index contributed by atoms with van der Waals surface area (Å²) in [6.45, 7) is 4.05. The fraction of sp³-hybridized carbons (Fsp3) is 0.375. The molecule has 0 aliphatic heterocycles. The summed E-state index contributed by atoms with van der Waals surface area (Å²) in [6, 6.07) is 4.95. The molecular formula is C16H19ClO4. The van der Waals surface area contributed by atoms with Gasteiger partial charge in [-0.25, -0.2) is 0 Å². The summed E-state index contributed by atoms with van der Waals surface area (Å²) in [6.07, 6.45) is 4.56. The Morgan fingerprint density at radius 1 is 1.19 bits per heavy atom. The van der Waals surface area contributed by atoms with Crippen LogP contribution >= 0.6 is 11.6 Å². The van der Waals surface area contributed by atoms with E-state index in [4.69, 9.17) is 21.1 Å². The molecule has 21 heavy (non-hydrogen) atoms. The van der Waals surface area contributed by atoms with Gasteiger partial charge in [0.2, 0.25) is 0 Å². The summed E-state index contributed by atoms with van der Waals surface area (Å²) in [5, 5.41) is 0.610. The van der Waals surface area contributed by atoms with E-state index in [0.717, 1.165) is 12.0 Å². The van der Waals surface area contributed by atoms with E-state index in [0.29, 0.717) is 10.8 Å². The van der Waals surface area contributed by atoms with Crippen LogP contribution in [-0.2, 0) is 14.3 Å². The fourth-order valence-corrected chi connectivity index (χ4v) is 1.63. The highest BCUT2D eigenvalue weighted by Gasteiger charge is 2.10. The van der Waals surface area contributed by atoms with Crippen molar-refractivity contribution in [1.29, 1.82) is 0 Å². The van der Waals surface area contributed by atoms with Crippen LogP contribution in [0.4, 0.5) is 0 Å². The van der Waals surface area contributed by atoms with E-state index < -0.39 is 11.9 Å². The van der Waals surface area contributed by atoms with Crippen molar-refractivity contribution in [1.82, 2.24) is 0 Å². The normalized spacial score (nSPS) is 10.6. The number of hydrogen-bond donors (Lipinski definition) is 0. The molecular weight excluding hydrogens is 292 g/mol. The molecule has 0 bridgehead atoms. The Balaban J connectivity index is 2.32. The van der Waals surface area contributed by atoms with Crippen LogP contribution in [0.15, 0.2) is 30.4 Å². The first-order valence-electron chi connectivity index (χ1n) is 6.80. The third-order valence-electron chi connectivity index (χ3n) is 2.64. The molecule has 0 unspecified atom stereocenters. The van der Waals surface area contributed by atoms with Gasteiger partial charge < -0.3 is 9.47 Å². The van der Waals surface area contributed by atoms with Crippen LogP contribution in [0.5, 0.6) is 5.75 Å². The first kappa shape index (κ1) is 17.2. The lowest BCUT2D eigenvalue weighted by atomic mass is 10.2. The van der Waals surface area contributed by atoms with Crippen molar-refractivity contribution in [2.24, 2.45) is 0 Å². The Morgan fingerprint density at radius 3 is 2.57 bits per heavy atom. The molecule has 0 saturated heterocycles. The Labute approximate surface area is 129 Å². The first-order chi connectivity index (χ1) is 10.0. The number of benzene rings is 1. The largest absolute Gasteiger partial charge is 0.461 e. The summed E-state index contributed by atoms with van der Waals surface area (Å²) in [5.41, 5.74) is 0.823. The summed E-state index contributed by atoms with van der Waals surface area (Å²) in [5.74, 6) is -0.473. The molecule has 0 aliphatic rings. The molecule has 1 aromatic rings. The van der Waals surface area contributed by atoms with Crippen molar-refractivity contribution >= 4 is 23.5 Å². The standard InChI is InChI=1S/C16H19ClO4/c1-3-4-5-10-20-15(18)8-9-16(19)21-13-6-7-14(17)12(2)11-13/h4-7,11H,3,8-10H2,1-2H3/b5-4-. The maximum atomic E-state index is 11.6. The Morgan fingerprint density at radius 2 is 1.90 bits per heavy atom. The zero-order valence-corrected chi connectivity index (χ0v) is 13.0. The van der Waals surface area contributed by atoms with Gasteiger partial charge in [-0.05, 0) is 37.1 Å². The van der Waals surface area contributed by atoms with E-state index in [-0.39, 0.29) is 19.4 Å². The van der Waals surface area contributed by atoms with Crippen molar-refractivity contribution in [2.75, 3.05) is 6.61 Å². The predicted octanol–water partition coefficient (Wildman–Crippen LogP) is 3.84. The maximum absolute atomic E-state index is 11.6. The molecule has 114 valence electrons. The van der Waals surface area contributed by atoms with Crippen LogP contribution in [0.2, 0.25) is 5.02 Å². The number of rotatable bonds is 7. The summed E-state index contributed by atoms with van der Waals surface area (Å²) in [7, 11) is 0. The number of carbonyl (C=O) groups excluding carboxylic acids is 2. The van der Waals surface area contributed by atoms with Gasteiger partial charge in [0.1, 0.15) is 12.4 Å². The fourth-order valence-electron chi connectivity index (χ4n) is 1.52. The summed E-state index contributed by atoms with van der Waals surface area (Å²) < 4.78 is 10.1. The van der Waals surface area contributed by atoms with Crippen molar-refractivity contribution < 1.29 is 19.1 Å². The third kappa shape index (κ3) is 6.95. The Kier molecular flexibility index (Phi) is 7.54. The van der Waals surface area contributed by atoms with E-state index in [2.05, 4.69) is 0 Å². The van der Waals surface area contributed by atoms with E-state index in [1.807, 2.05) is 19.9 Å². The Bertz CT molecular complexity index is 523. The molecule has 0 atom stereocenters. The van der Waals surface area contributed by atoms with E-state index in [9.17, 15) is 9.59 Å². The molecule has 0 aromatic heterocycles. The second-order valence-corrected chi connectivity index (χ2v) is 4.85. The van der Waals surface area contributed by atoms with Crippen LogP contribution in [0.25, 0.3) is 0 Å². The topological polar surface area (TPSA) is 52.6 Å². The smallest absolute Gasteiger partial charge is 0.311 e. The minimum atomic E-state index is -0.474. The number of esters is 2. The van der Waals surface area contributed by atoms with Gasteiger partial charge in [0, 0.05) is 5.02 Å². The molecule has 0 spiro atoms. The van der Waals surface area contributed by atoms with E-state index in [1.165, 1.54) is 0 Å². The molecule has 4 nitrogen and oxygen atoms in total. The highest BCUT2D eigenvalue weighted by molar-refractivity contribution is 6.31. The van der Waals surface area contributed by atoms with Gasteiger partial charge in [0.05, 0.1) is 12.8 Å². The summed E-state index contributed by atoms with van der Waals surface area (Å²) in [4.78, 5) is 23.0. The molecule has 0 fully saturated rings. The molecule has 0 amide bonds. The summed E-state index contributed by atoms with van der Waals surface area (Å²) >= 11 is 5.88. The van der Waals surface area contributed by atoms with Crippen LogP contribution in [-0.4, -0.2) is 18.5 Å². The second kappa shape index (κ2) is 9.19. The van der Waals surface area contributed by atoms with Crippen molar-refractivity contribution in [3.63, 3.8) is 0 Å². The van der Waals surface area contributed by atoms with Gasteiger partial charge in [-0.1, -0.05) is 30.7 Å². The number of hydrogen-bond acceptors (Lipinski definition) is 4. The van der Waals surface area contributed by atoms with Gasteiger partial charge in [-0.2, -0.15) is 0 Å². The molecule has 0 saturated carbocycles. The van der Waals surface area contributed by atoms with E-state index in [1.54, 1.807) is 24.3 Å². The molecule has 0 N–H and O–H groups in total. The van der Waals surface area contributed by atoms with Crippen molar-refractivity contribution in [3.05, 3.63) is 40.9 Å². The second-order valence-electron chi connectivity index (χ2n) is 4.45. The Hall–Kier alpha value is -1.81. The van der Waals surface area contributed by atoms with Crippen molar-refractivity contribution in [2.45, 2.75) is 33.1 Å². The number of allylic oxidation sites excluding steroid dienone is 1. The number of halogens is 1. The van der Waals surface area contributed by atoms with Gasteiger partial charge in [0.25, 0.3) is 0 Å². The third-order valence-corrected chi connectivity index (χ3v) is 3.06. The van der Waals surface area contributed by atoms with Crippen LogP contribution in [0.3, 0.4) is 0 Å². The quantitative estimate of drug-likeness (QED) is 0.436. The minimum absolute atomic E-state index is 0.00533. The molecule has 0 radical (unpaired) electrons. The van der Waals surface area contributed by atoms with Gasteiger partial charge >= 0.3 is 11.9 Å². The molecule has 0 aliphatic carbocycles. The highest BCUT2D eigenvalue weighted by atomic mass is 35.5. The molecule has 1 aromatic carbocycles. The highest BCUT2D eigenvalue weighted by Crippen LogP contribution is 2.21. The predicted molar refractivity (Wildman–Crippen MR) is 81.4 cm³/mol. The van der Waals surface area contributed by atoms with Crippen LogP contribution in [0.1, 0.15) is 31.7 Å². The average Bonchev–Trinajstić information content (AvgIpc) is 2.45. The van der Waals surface area contributed by atoms with Gasteiger partial charge in [0.15, 0.2) is 0 Å². The zero-order chi connectivity index (χ0) is 15.7. The van der Waals surface area contributed by atoms with Gasteiger partial charge in [-0.3, -0.25) is 9.59 Å². The SMILES string of the molecule is CC/C=C\COC(=O)CCC(=O)Oc1ccc(Cl)c(C)c1. The number of ether oxygens (including phenoxy) is 2. The molecule has 1 rings (SSSR count). The van der Waals surface area contributed by atoms with Crippen LogP contribution in [0, 0.1) is 6.92 Å². The number of aryl methyl sites for hydroxylation is 1. The number of carbonyl (C=O) groups is 2. The first-order valence-corrected chi connectivity index (χ1v) is 7.18. The maximum Gasteiger partial charge on any atom is 0.311 e. The lowest BCUT2D eigenvalue weighted by Crippen LogP contribution is -2.12. The van der Waals surface area contributed by atoms with Crippen LogP contribution < -0.4 is 4.74 Å². The monoisotopic (exact) mass is 310 g/mol. The molecule has 0 heterocycles.